The molecule has 0 radical (unpaired) electrons. The van der Waals surface area contributed by atoms with Gasteiger partial charge in [0.2, 0.25) is 0 Å². The number of hydrogen-bond acceptors (Lipinski definition) is 2. The molecule has 1 N–H and O–H groups in total. The first-order chi connectivity index (χ1) is 10.9. The van der Waals surface area contributed by atoms with Gasteiger partial charge < -0.3 is 5.32 Å². The summed E-state index contributed by atoms with van der Waals surface area (Å²) < 4.78 is 0. The largest absolute Gasteiger partial charge is 0.321 e. The molecule has 0 aliphatic carbocycles. The van der Waals surface area contributed by atoms with Crippen LogP contribution in [-0.4, -0.2) is 5.91 Å². The minimum atomic E-state index is -0.538. The quantitative estimate of drug-likeness (QED) is 0.576. The van der Waals surface area contributed by atoms with Gasteiger partial charge in [0.15, 0.2) is 0 Å². The van der Waals surface area contributed by atoms with Crippen LogP contribution in [0.4, 0.5) is 5.69 Å². The highest BCUT2D eigenvalue weighted by atomic mass is 35.5. The molecule has 0 aliphatic heterocycles. The molecule has 0 aromatic heterocycles. The third-order valence-corrected chi connectivity index (χ3v) is 4.12. The molecule has 1 amide bonds. The number of hydrogen-bond donors (Lipinski definition) is 1. The summed E-state index contributed by atoms with van der Waals surface area (Å²) >= 11 is 17.9. The molecule has 0 heterocycles. The molecule has 6 heteroatoms. The number of benzene rings is 2. The molecule has 0 atom stereocenters. The van der Waals surface area contributed by atoms with E-state index in [0.29, 0.717) is 26.3 Å². The van der Waals surface area contributed by atoms with Crippen molar-refractivity contribution < 1.29 is 4.79 Å². The van der Waals surface area contributed by atoms with Gasteiger partial charge in [0, 0.05) is 20.8 Å². The van der Waals surface area contributed by atoms with Crippen LogP contribution in [0.2, 0.25) is 15.1 Å². The molecule has 2 aromatic rings. The van der Waals surface area contributed by atoms with Crippen LogP contribution in [0, 0.1) is 18.3 Å². The molecular formula is C17H11Cl3N2O. The minimum absolute atomic E-state index is 0.0754. The van der Waals surface area contributed by atoms with Gasteiger partial charge in [-0.15, -0.1) is 0 Å². The highest BCUT2D eigenvalue weighted by Gasteiger charge is 2.12. The number of rotatable bonds is 3. The number of halogens is 3. The fraction of sp³-hybridized carbons (Fsp3) is 0.0588. The minimum Gasteiger partial charge on any atom is -0.321 e. The first-order valence-electron chi connectivity index (χ1n) is 6.55. The monoisotopic (exact) mass is 364 g/mol. The van der Waals surface area contributed by atoms with Gasteiger partial charge in [0.05, 0.1) is 0 Å². The molecule has 3 nitrogen and oxygen atoms in total. The molecule has 0 spiro atoms. The highest BCUT2D eigenvalue weighted by Crippen LogP contribution is 2.25. The van der Waals surface area contributed by atoms with Gasteiger partial charge in [-0.2, -0.15) is 5.26 Å². The summed E-state index contributed by atoms with van der Waals surface area (Å²) in [5, 5.41) is 13.3. The molecule has 0 unspecified atom stereocenters. The van der Waals surface area contributed by atoms with Crippen LogP contribution >= 0.6 is 34.8 Å². The molecule has 0 saturated carbocycles. The second kappa shape index (κ2) is 7.52. The third-order valence-electron chi connectivity index (χ3n) is 3.14. The Labute approximate surface area is 149 Å². The number of carbonyl (C=O) groups is 1. The Kier molecular flexibility index (Phi) is 5.68. The van der Waals surface area contributed by atoms with Crippen molar-refractivity contribution in [3.05, 3.63) is 68.2 Å². The standard InChI is InChI=1S/C17H11Cl3N2O/c1-10-14(19)3-2-4-16(10)22-17(23)12(9-21)7-11-5-6-13(18)8-15(11)20/h2-8H,1H3,(H,22,23)/b12-7+. The van der Waals surface area contributed by atoms with Crippen LogP contribution in [0.1, 0.15) is 11.1 Å². The lowest BCUT2D eigenvalue weighted by atomic mass is 10.1. The van der Waals surface area contributed by atoms with Crippen LogP contribution < -0.4 is 5.32 Å². The summed E-state index contributed by atoms with van der Waals surface area (Å²) in [6.45, 7) is 1.78. The number of amides is 1. The zero-order valence-corrected chi connectivity index (χ0v) is 14.3. The van der Waals surface area contributed by atoms with Crippen LogP contribution in [0.3, 0.4) is 0 Å². The van der Waals surface area contributed by atoms with Gasteiger partial charge in [-0.25, -0.2) is 0 Å². The van der Waals surface area contributed by atoms with E-state index in [1.807, 2.05) is 6.07 Å². The van der Waals surface area contributed by atoms with Crippen molar-refractivity contribution in [3.63, 3.8) is 0 Å². The van der Waals surface area contributed by atoms with E-state index in [9.17, 15) is 10.1 Å². The Morgan fingerprint density at radius 1 is 1.17 bits per heavy atom. The molecule has 0 saturated heterocycles. The van der Waals surface area contributed by atoms with Gasteiger partial charge in [-0.1, -0.05) is 46.9 Å². The van der Waals surface area contributed by atoms with Gasteiger partial charge in [0.1, 0.15) is 11.6 Å². The molecule has 0 fully saturated rings. The number of nitrogens with one attached hydrogen (secondary N) is 1. The zero-order valence-electron chi connectivity index (χ0n) is 12.0. The van der Waals surface area contributed by atoms with E-state index in [4.69, 9.17) is 34.8 Å². The maximum atomic E-state index is 12.3. The van der Waals surface area contributed by atoms with Gasteiger partial charge in [-0.3, -0.25) is 4.79 Å². The van der Waals surface area contributed by atoms with Crippen LogP contribution in [0.15, 0.2) is 42.0 Å². The Balaban J connectivity index is 2.30. The van der Waals surface area contributed by atoms with E-state index in [1.54, 1.807) is 43.3 Å². The summed E-state index contributed by atoms with van der Waals surface area (Å²) in [4.78, 5) is 12.3. The van der Waals surface area contributed by atoms with Crippen molar-refractivity contribution >= 4 is 52.5 Å². The second-order valence-electron chi connectivity index (χ2n) is 4.70. The SMILES string of the molecule is Cc1c(Cl)cccc1NC(=O)/C(C#N)=C/c1ccc(Cl)cc1Cl. The van der Waals surface area contributed by atoms with Crippen LogP contribution in [0.5, 0.6) is 0 Å². The maximum absolute atomic E-state index is 12.3. The van der Waals surface area contributed by atoms with Crippen LogP contribution in [-0.2, 0) is 4.79 Å². The average molecular weight is 366 g/mol. The highest BCUT2D eigenvalue weighted by molar-refractivity contribution is 6.35. The lowest BCUT2D eigenvalue weighted by Crippen LogP contribution is -2.14. The van der Waals surface area contributed by atoms with Crippen LogP contribution in [0.25, 0.3) is 6.08 Å². The Bertz CT molecular complexity index is 838. The first kappa shape index (κ1) is 17.4. The van der Waals surface area contributed by atoms with Crippen molar-refractivity contribution in [1.29, 1.82) is 5.26 Å². The number of nitriles is 1. The molecule has 23 heavy (non-hydrogen) atoms. The number of nitrogens with zero attached hydrogens (tertiary/aromatic N) is 1. The second-order valence-corrected chi connectivity index (χ2v) is 5.95. The van der Waals surface area contributed by atoms with Gasteiger partial charge >= 0.3 is 0 Å². The fourth-order valence-corrected chi connectivity index (χ4v) is 2.49. The van der Waals surface area contributed by atoms with E-state index >= 15 is 0 Å². The molecule has 2 rings (SSSR count). The topological polar surface area (TPSA) is 52.9 Å². The van der Waals surface area contributed by atoms with Crippen molar-refractivity contribution in [3.8, 4) is 6.07 Å². The van der Waals surface area contributed by atoms with E-state index in [1.165, 1.54) is 6.08 Å². The van der Waals surface area contributed by atoms with Crippen molar-refractivity contribution in [2.75, 3.05) is 5.32 Å². The predicted molar refractivity (Wildman–Crippen MR) is 94.9 cm³/mol. The Morgan fingerprint density at radius 3 is 2.57 bits per heavy atom. The molecular weight excluding hydrogens is 355 g/mol. The summed E-state index contributed by atoms with van der Waals surface area (Å²) in [5.41, 5.74) is 1.73. The fourth-order valence-electron chi connectivity index (χ4n) is 1.86. The molecule has 0 bridgehead atoms. The number of carbonyl (C=O) groups excluding carboxylic acids is 1. The lowest BCUT2D eigenvalue weighted by molar-refractivity contribution is -0.112. The van der Waals surface area contributed by atoms with Gasteiger partial charge in [-0.05, 0) is 48.4 Å². The summed E-state index contributed by atoms with van der Waals surface area (Å²) in [7, 11) is 0. The van der Waals surface area contributed by atoms with Crippen molar-refractivity contribution in [2.45, 2.75) is 6.92 Å². The van der Waals surface area contributed by atoms with E-state index in [2.05, 4.69) is 5.32 Å². The van der Waals surface area contributed by atoms with Gasteiger partial charge in [0.25, 0.3) is 5.91 Å². The summed E-state index contributed by atoms with van der Waals surface area (Å²) in [6.07, 6.45) is 1.41. The maximum Gasteiger partial charge on any atom is 0.266 e. The normalized spacial score (nSPS) is 11.0. The number of anilines is 1. The van der Waals surface area contributed by atoms with E-state index in [0.717, 1.165) is 5.56 Å². The van der Waals surface area contributed by atoms with Crippen molar-refractivity contribution in [2.24, 2.45) is 0 Å². The smallest absolute Gasteiger partial charge is 0.266 e. The Hall–Kier alpha value is -1.99. The third kappa shape index (κ3) is 4.27. The van der Waals surface area contributed by atoms with E-state index < -0.39 is 5.91 Å². The average Bonchev–Trinajstić information content (AvgIpc) is 2.51. The molecule has 116 valence electrons. The van der Waals surface area contributed by atoms with E-state index in [-0.39, 0.29) is 5.57 Å². The van der Waals surface area contributed by atoms with Crippen molar-refractivity contribution in [1.82, 2.24) is 0 Å². The zero-order chi connectivity index (χ0) is 17.0. The lowest BCUT2D eigenvalue weighted by Gasteiger charge is -2.09. The molecule has 2 aromatic carbocycles. The summed E-state index contributed by atoms with van der Waals surface area (Å²) in [5.74, 6) is -0.538. The Morgan fingerprint density at radius 2 is 1.91 bits per heavy atom. The first-order valence-corrected chi connectivity index (χ1v) is 7.69. The predicted octanol–water partition coefficient (Wildman–Crippen LogP) is 5.50. The summed E-state index contributed by atoms with van der Waals surface area (Å²) in [6, 6.07) is 11.8. The molecule has 0 aliphatic rings.